The molecule has 4 aromatic rings. The Morgan fingerprint density at radius 2 is 2.12 bits per heavy atom. The minimum atomic E-state index is -0.0131. The number of ether oxygens (including phenoxy) is 2. The Balaban J connectivity index is 1.28. The maximum Gasteiger partial charge on any atom is 0.254 e. The highest BCUT2D eigenvalue weighted by molar-refractivity contribution is 5.94. The third-order valence-corrected chi connectivity index (χ3v) is 6.30. The molecule has 1 atom stereocenters. The van der Waals surface area contributed by atoms with Gasteiger partial charge in [-0.2, -0.15) is 5.10 Å². The van der Waals surface area contributed by atoms with Crippen molar-refractivity contribution in [2.24, 2.45) is 5.92 Å². The van der Waals surface area contributed by atoms with E-state index in [4.69, 9.17) is 14.0 Å². The van der Waals surface area contributed by atoms with Crippen molar-refractivity contribution in [1.82, 2.24) is 19.7 Å². The van der Waals surface area contributed by atoms with Crippen LogP contribution in [0.4, 0.5) is 0 Å². The third kappa shape index (κ3) is 4.68. The molecule has 4 heterocycles. The topological polar surface area (TPSA) is 82.1 Å². The maximum absolute atomic E-state index is 13.4. The summed E-state index contributed by atoms with van der Waals surface area (Å²) in [5.41, 5.74) is 4.64. The first-order valence-electron chi connectivity index (χ1n) is 11.5. The molecule has 0 saturated carbocycles. The predicted molar refractivity (Wildman–Crippen MR) is 126 cm³/mol. The number of aryl methyl sites for hydroxylation is 2. The molecule has 1 unspecified atom stereocenters. The normalized spacial score (nSPS) is 16.5. The molecule has 1 amide bonds. The smallest absolute Gasteiger partial charge is 0.254 e. The number of amides is 1. The van der Waals surface area contributed by atoms with Crippen LogP contribution in [0.2, 0.25) is 0 Å². The first-order chi connectivity index (χ1) is 16.6. The Morgan fingerprint density at radius 1 is 1.21 bits per heavy atom. The molecule has 34 heavy (non-hydrogen) atoms. The van der Waals surface area contributed by atoms with Crippen LogP contribution in [-0.4, -0.2) is 51.9 Å². The summed E-state index contributed by atoms with van der Waals surface area (Å²) in [5, 5.41) is 8.29. The van der Waals surface area contributed by atoms with Gasteiger partial charge in [0, 0.05) is 37.0 Å². The van der Waals surface area contributed by atoms with E-state index in [-0.39, 0.29) is 11.8 Å². The van der Waals surface area contributed by atoms with Crippen molar-refractivity contribution in [1.29, 1.82) is 0 Å². The summed E-state index contributed by atoms with van der Waals surface area (Å²) < 4.78 is 18.9. The Hall–Kier alpha value is -3.65. The Kier molecular flexibility index (Phi) is 6.31. The molecule has 0 N–H and O–H groups in total. The van der Waals surface area contributed by atoms with Crippen molar-refractivity contribution in [3.8, 4) is 5.75 Å². The molecule has 1 aliphatic rings. The summed E-state index contributed by atoms with van der Waals surface area (Å²) >= 11 is 0. The third-order valence-electron chi connectivity index (χ3n) is 6.30. The largest absolute Gasteiger partial charge is 0.489 e. The summed E-state index contributed by atoms with van der Waals surface area (Å²) in [6.45, 7) is 6.46. The van der Waals surface area contributed by atoms with Gasteiger partial charge in [0.1, 0.15) is 18.1 Å². The van der Waals surface area contributed by atoms with Gasteiger partial charge < -0.3 is 18.9 Å². The summed E-state index contributed by atoms with van der Waals surface area (Å²) in [4.78, 5) is 15.3. The van der Waals surface area contributed by atoms with E-state index in [1.807, 2.05) is 59.8 Å². The molecular formula is C26H28N4O4. The highest BCUT2D eigenvalue weighted by atomic mass is 16.5. The van der Waals surface area contributed by atoms with Gasteiger partial charge in [0.05, 0.1) is 30.0 Å². The van der Waals surface area contributed by atoms with Crippen molar-refractivity contribution in [3.63, 3.8) is 0 Å². The first-order valence-corrected chi connectivity index (χ1v) is 11.5. The second-order valence-electron chi connectivity index (χ2n) is 8.71. The average Bonchev–Trinajstić information content (AvgIpc) is 3.38. The van der Waals surface area contributed by atoms with Gasteiger partial charge in [-0.05, 0) is 56.2 Å². The van der Waals surface area contributed by atoms with Crippen LogP contribution in [0.5, 0.6) is 5.75 Å². The first kappa shape index (κ1) is 22.2. The van der Waals surface area contributed by atoms with E-state index < -0.39 is 0 Å². The van der Waals surface area contributed by atoms with Gasteiger partial charge in [-0.3, -0.25) is 4.79 Å². The van der Waals surface area contributed by atoms with E-state index in [1.54, 1.807) is 12.3 Å². The number of pyridine rings is 1. The number of fused-ring (bicyclic) bond motifs is 1. The van der Waals surface area contributed by atoms with E-state index in [1.165, 1.54) is 5.56 Å². The van der Waals surface area contributed by atoms with Crippen molar-refractivity contribution in [2.75, 3.05) is 26.3 Å². The lowest BCUT2D eigenvalue weighted by Crippen LogP contribution is -2.36. The molecule has 3 aromatic heterocycles. The van der Waals surface area contributed by atoms with Crippen LogP contribution in [0.25, 0.3) is 5.52 Å². The molecule has 8 nitrogen and oxygen atoms in total. The number of hydrogen-bond donors (Lipinski definition) is 0. The second kappa shape index (κ2) is 9.69. The van der Waals surface area contributed by atoms with Crippen molar-refractivity contribution < 1.29 is 18.8 Å². The van der Waals surface area contributed by atoms with Gasteiger partial charge in [-0.1, -0.05) is 17.3 Å². The van der Waals surface area contributed by atoms with Crippen molar-refractivity contribution in [3.05, 3.63) is 83.0 Å². The summed E-state index contributed by atoms with van der Waals surface area (Å²) in [5.74, 6) is 1.57. The van der Waals surface area contributed by atoms with Crippen LogP contribution in [0.3, 0.4) is 0 Å². The Morgan fingerprint density at radius 3 is 2.97 bits per heavy atom. The molecule has 1 fully saturated rings. The van der Waals surface area contributed by atoms with Crippen LogP contribution in [-0.2, 0) is 17.8 Å². The van der Waals surface area contributed by atoms with E-state index in [2.05, 4.69) is 16.3 Å². The molecule has 0 radical (unpaired) electrons. The fourth-order valence-electron chi connectivity index (χ4n) is 4.45. The highest BCUT2D eigenvalue weighted by Gasteiger charge is 2.24. The second-order valence-corrected chi connectivity index (χ2v) is 8.71. The van der Waals surface area contributed by atoms with Gasteiger partial charge in [0.2, 0.25) is 0 Å². The van der Waals surface area contributed by atoms with Crippen molar-refractivity contribution >= 4 is 11.4 Å². The van der Waals surface area contributed by atoms with E-state index in [0.717, 1.165) is 29.0 Å². The zero-order chi connectivity index (χ0) is 23.5. The van der Waals surface area contributed by atoms with Gasteiger partial charge in [0.15, 0.2) is 0 Å². The Labute approximate surface area is 198 Å². The van der Waals surface area contributed by atoms with Crippen LogP contribution >= 0.6 is 0 Å². The van der Waals surface area contributed by atoms with Crippen LogP contribution in [0.15, 0.2) is 59.4 Å². The number of carbonyl (C=O) groups excluding carboxylic acids is 1. The number of benzene rings is 1. The minimum Gasteiger partial charge on any atom is -0.489 e. The van der Waals surface area contributed by atoms with E-state index in [0.29, 0.717) is 44.2 Å². The van der Waals surface area contributed by atoms with Crippen molar-refractivity contribution in [2.45, 2.75) is 26.9 Å². The Bertz CT molecular complexity index is 1280. The number of aromatic nitrogens is 3. The molecule has 1 aliphatic heterocycles. The van der Waals surface area contributed by atoms with E-state index in [9.17, 15) is 4.79 Å². The highest BCUT2D eigenvalue weighted by Crippen LogP contribution is 2.22. The van der Waals surface area contributed by atoms with E-state index >= 15 is 0 Å². The zero-order valence-electron chi connectivity index (χ0n) is 19.4. The van der Waals surface area contributed by atoms with Crippen LogP contribution < -0.4 is 4.74 Å². The molecule has 1 aromatic carbocycles. The monoisotopic (exact) mass is 460 g/mol. The number of carbonyl (C=O) groups is 1. The lowest BCUT2D eigenvalue weighted by atomic mass is 9.99. The SMILES string of the molecule is Cc1noc(C)c1COc1cccc(C(=O)N2CCOCC(Cc3cccn4nccc34)C2)c1. The number of hydrogen-bond acceptors (Lipinski definition) is 6. The number of rotatable bonds is 6. The van der Waals surface area contributed by atoms with Gasteiger partial charge >= 0.3 is 0 Å². The van der Waals surface area contributed by atoms with Gasteiger partial charge in [0.25, 0.3) is 5.91 Å². The van der Waals surface area contributed by atoms with Gasteiger partial charge in [-0.25, -0.2) is 4.52 Å². The molecule has 0 bridgehead atoms. The molecule has 0 aliphatic carbocycles. The summed E-state index contributed by atoms with van der Waals surface area (Å²) in [6.07, 6.45) is 4.57. The molecule has 1 saturated heterocycles. The minimum absolute atomic E-state index is 0.0131. The zero-order valence-corrected chi connectivity index (χ0v) is 19.4. The quantitative estimate of drug-likeness (QED) is 0.435. The van der Waals surface area contributed by atoms with Gasteiger partial charge in [-0.15, -0.1) is 0 Å². The predicted octanol–water partition coefficient (Wildman–Crippen LogP) is 3.85. The van der Waals surface area contributed by atoms with Crippen LogP contribution in [0.1, 0.15) is 32.9 Å². The standard InChI is InChI=1S/C26H28N4O4/c1-18-24(19(2)34-28-18)17-33-23-7-3-5-22(14-23)26(31)29-11-12-32-16-20(15-29)13-21-6-4-10-30-25(21)8-9-27-30/h3-10,14,20H,11-13,15-17H2,1-2H3. The molecule has 8 heteroatoms. The average molecular weight is 461 g/mol. The molecular weight excluding hydrogens is 432 g/mol. The molecule has 176 valence electrons. The number of nitrogens with zero attached hydrogens (tertiary/aromatic N) is 4. The fraction of sp³-hybridized carbons (Fsp3) is 0.346. The summed E-state index contributed by atoms with van der Waals surface area (Å²) in [6, 6.07) is 13.5. The maximum atomic E-state index is 13.4. The molecule has 5 rings (SSSR count). The van der Waals surface area contributed by atoms with Crippen LogP contribution in [0, 0.1) is 19.8 Å². The lowest BCUT2D eigenvalue weighted by Gasteiger charge is -2.24. The molecule has 0 spiro atoms. The lowest BCUT2D eigenvalue weighted by molar-refractivity contribution is 0.0737. The fourth-order valence-corrected chi connectivity index (χ4v) is 4.45. The summed E-state index contributed by atoms with van der Waals surface area (Å²) in [7, 11) is 0.